The second kappa shape index (κ2) is 5.97. The summed E-state index contributed by atoms with van der Waals surface area (Å²) in [7, 11) is -3.63. The van der Waals surface area contributed by atoms with Crippen molar-refractivity contribution in [2.24, 2.45) is 0 Å². The molecule has 1 aromatic carbocycles. The van der Waals surface area contributed by atoms with Gasteiger partial charge in [0.05, 0.1) is 4.90 Å². The molecule has 0 saturated heterocycles. The van der Waals surface area contributed by atoms with Crippen molar-refractivity contribution < 1.29 is 8.42 Å². The van der Waals surface area contributed by atoms with E-state index in [-0.39, 0.29) is 4.90 Å². The van der Waals surface area contributed by atoms with Crippen molar-refractivity contribution in [3.63, 3.8) is 0 Å². The first-order chi connectivity index (χ1) is 9.42. The third-order valence-electron chi connectivity index (χ3n) is 2.83. The molecule has 108 valence electrons. The molecule has 20 heavy (non-hydrogen) atoms. The van der Waals surface area contributed by atoms with E-state index in [1.807, 2.05) is 6.07 Å². The van der Waals surface area contributed by atoms with E-state index in [4.69, 9.17) is 0 Å². The average molecular weight is 358 g/mol. The van der Waals surface area contributed by atoms with Gasteiger partial charge in [0, 0.05) is 16.2 Å². The summed E-state index contributed by atoms with van der Waals surface area (Å²) in [6.45, 7) is 3.81. The molecule has 7 heteroatoms. The van der Waals surface area contributed by atoms with E-state index in [2.05, 4.69) is 37.8 Å². The highest BCUT2D eigenvalue weighted by Crippen LogP contribution is 2.22. The zero-order valence-corrected chi connectivity index (χ0v) is 13.7. The Bertz CT molecular complexity index is 710. The maximum Gasteiger partial charge on any atom is 0.263 e. The van der Waals surface area contributed by atoms with E-state index < -0.39 is 10.0 Å². The lowest BCUT2D eigenvalue weighted by atomic mass is 10.2. The van der Waals surface area contributed by atoms with Gasteiger partial charge in [-0.3, -0.25) is 9.82 Å². The van der Waals surface area contributed by atoms with Gasteiger partial charge in [0.25, 0.3) is 10.0 Å². The molecule has 2 rings (SSSR count). The number of nitrogens with zero attached hydrogens (tertiary/aromatic N) is 1. The SMILES string of the molecule is CCCc1cc(NS(=O)(=O)c2cc(Br)ccc2C)n[nH]1. The molecule has 0 saturated carbocycles. The van der Waals surface area contributed by atoms with Crippen LogP contribution in [0.5, 0.6) is 0 Å². The Kier molecular flexibility index (Phi) is 4.49. The number of aromatic amines is 1. The monoisotopic (exact) mass is 357 g/mol. The first-order valence-electron chi connectivity index (χ1n) is 6.25. The second-order valence-corrected chi connectivity index (χ2v) is 7.11. The summed E-state index contributed by atoms with van der Waals surface area (Å²) >= 11 is 3.28. The summed E-state index contributed by atoms with van der Waals surface area (Å²) in [5.74, 6) is 0.313. The lowest BCUT2D eigenvalue weighted by Gasteiger charge is -2.08. The van der Waals surface area contributed by atoms with Gasteiger partial charge in [0.15, 0.2) is 5.82 Å². The molecule has 0 aliphatic rings. The topological polar surface area (TPSA) is 74.8 Å². The number of halogens is 1. The number of anilines is 1. The number of aryl methyl sites for hydroxylation is 2. The fraction of sp³-hybridized carbons (Fsp3) is 0.308. The quantitative estimate of drug-likeness (QED) is 0.862. The third-order valence-corrected chi connectivity index (χ3v) is 4.82. The van der Waals surface area contributed by atoms with Crippen LogP contribution in [-0.2, 0) is 16.4 Å². The molecule has 0 amide bonds. The highest BCUT2D eigenvalue weighted by atomic mass is 79.9. The van der Waals surface area contributed by atoms with Gasteiger partial charge < -0.3 is 0 Å². The van der Waals surface area contributed by atoms with Crippen LogP contribution in [0.4, 0.5) is 5.82 Å². The van der Waals surface area contributed by atoms with Gasteiger partial charge in [-0.15, -0.1) is 0 Å². The summed E-state index contributed by atoms with van der Waals surface area (Å²) in [4.78, 5) is 0.243. The standard InChI is InChI=1S/C13H16BrN3O2S/c1-3-4-11-8-13(16-15-11)17-20(18,19)12-7-10(14)6-5-9(12)2/h5-8H,3-4H2,1-2H3,(H2,15,16,17). The summed E-state index contributed by atoms with van der Waals surface area (Å²) in [5, 5.41) is 6.79. The van der Waals surface area contributed by atoms with E-state index in [1.165, 1.54) is 0 Å². The molecular weight excluding hydrogens is 342 g/mol. The molecule has 1 heterocycles. The van der Waals surface area contributed by atoms with Crippen LogP contribution < -0.4 is 4.72 Å². The van der Waals surface area contributed by atoms with E-state index in [0.717, 1.165) is 23.0 Å². The maximum absolute atomic E-state index is 12.4. The van der Waals surface area contributed by atoms with Crippen molar-refractivity contribution in [3.05, 3.63) is 40.0 Å². The van der Waals surface area contributed by atoms with Crippen LogP contribution in [0.2, 0.25) is 0 Å². The van der Waals surface area contributed by atoms with Crippen molar-refractivity contribution in [2.45, 2.75) is 31.6 Å². The average Bonchev–Trinajstić information content (AvgIpc) is 2.79. The largest absolute Gasteiger partial charge is 0.280 e. The van der Waals surface area contributed by atoms with E-state index >= 15 is 0 Å². The molecule has 0 radical (unpaired) electrons. The van der Waals surface area contributed by atoms with Gasteiger partial charge in [-0.05, 0) is 31.0 Å². The second-order valence-electron chi connectivity index (χ2n) is 4.54. The van der Waals surface area contributed by atoms with Crippen molar-refractivity contribution >= 4 is 31.8 Å². The Hall–Kier alpha value is -1.34. The number of rotatable bonds is 5. The lowest BCUT2D eigenvalue weighted by molar-refractivity contribution is 0.600. The minimum atomic E-state index is -3.63. The zero-order valence-electron chi connectivity index (χ0n) is 11.3. The Morgan fingerprint density at radius 2 is 2.10 bits per heavy atom. The molecule has 5 nitrogen and oxygen atoms in total. The van der Waals surface area contributed by atoms with Crippen LogP contribution >= 0.6 is 15.9 Å². The molecular formula is C13H16BrN3O2S. The maximum atomic E-state index is 12.4. The molecule has 1 aromatic heterocycles. The molecule has 2 N–H and O–H groups in total. The minimum Gasteiger partial charge on any atom is -0.280 e. The van der Waals surface area contributed by atoms with Crippen molar-refractivity contribution in [3.8, 4) is 0 Å². The van der Waals surface area contributed by atoms with Crippen LogP contribution in [0.15, 0.2) is 33.6 Å². The summed E-state index contributed by atoms with van der Waals surface area (Å²) in [5.41, 5.74) is 1.60. The van der Waals surface area contributed by atoms with Gasteiger partial charge in [0.2, 0.25) is 0 Å². The zero-order chi connectivity index (χ0) is 14.8. The van der Waals surface area contributed by atoms with Crippen molar-refractivity contribution in [1.29, 1.82) is 0 Å². The van der Waals surface area contributed by atoms with Crippen LogP contribution in [0, 0.1) is 6.92 Å². The normalized spacial score (nSPS) is 11.6. The number of H-pyrrole nitrogens is 1. The highest BCUT2D eigenvalue weighted by molar-refractivity contribution is 9.10. The van der Waals surface area contributed by atoms with Gasteiger partial charge in [0.1, 0.15) is 0 Å². The number of sulfonamides is 1. The summed E-state index contributed by atoms with van der Waals surface area (Å²) in [6.07, 6.45) is 1.81. The highest BCUT2D eigenvalue weighted by Gasteiger charge is 2.18. The summed E-state index contributed by atoms with van der Waals surface area (Å²) < 4.78 is 27.9. The smallest absolute Gasteiger partial charge is 0.263 e. The van der Waals surface area contributed by atoms with Gasteiger partial charge in [-0.2, -0.15) is 5.10 Å². The van der Waals surface area contributed by atoms with E-state index in [9.17, 15) is 8.42 Å². The Morgan fingerprint density at radius 1 is 1.35 bits per heavy atom. The molecule has 0 aliphatic carbocycles. The predicted octanol–water partition coefficient (Wildman–Crippen LogP) is 3.23. The van der Waals surface area contributed by atoms with Gasteiger partial charge >= 0.3 is 0 Å². The van der Waals surface area contributed by atoms with Crippen molar-refractivity contribution in [2.75, 3.05) is 4.72 Å². The van der Waals surface area contributed by atoms with Crippen molar-refractivity contribution in [1.82, 2.24) is 10.2 Å². The van der Waals surface area contributed by atoms with E-state index in [1.54, 1.807) is 25.1 Å². The molecule has 0 atom stereocenters. The number of hydrogen-bond donors (Lipinski definition) is 2. The van der Waals surface area contributed by atoms with E-state index in [0.29, 0.717) is 11.4 Å². The fourth-order valence-corrected chi connectivity index (χ4v) is 3.64. The van der Waals surface area contributed by atoms with Crippen LogP contribution in [0.25, 0.3) is 0 Å². The number of nitrogens with one attached hydrogen (secondary N) is 2. The number of benzene rings is 1. The molecule has 2 aromatic rings. The first kappa shape index (κ1) is 15.1. The predicted molar refractivity (Wildman–Crippen MR) is 82.3 cm³/mol. The van der Waals surface area contributed by atoms with Crippen LogP contribution in [-0.4, -0.2) is 18.6 Å². The molecule has 0 fully saturated rings. The molecule has 0 unspecified atom stereocenters. The number of hydrogen-bond acceptors (Lipinski definition) is 3. The minimum absolute atomic E-state index is 0.243. The van der Waals surface area contributed by atoms with Crippen LogP contribution in [0.3, 0.4) is 0 Å². The van der Waals surface area contributed by atoms with Gasteiger partial charge in [-0.1, -0.05) is 35.3 Å². The first-order valence-corrected chi connectivity index (χ1v) is 8.53. The fourth-order valence-electron chi connectivity index (χ4n) is 1.87. The Labute approximate surface area is 127 Å². The number of aromatic nitrogens is 2. The van der Waals surface area contributed by atoms with Gasteiger partial charge in [-0.25, -0.2) is 8.42 Å². The lowest BCUT2D eigenvalue weighted by Crippen LogP contribution is -2.14. The summed E-state index contributed by atoms with van der Waals surface area (Å²) in [6, 6.07) is 6.86. The van der Waals surface area contributed by atoms with Crippen LogP contribution in [0.1, 0.15) is 24.6 Å². The Balaban J connectivity index is 2.28. The Morgan fingerprint density at radius 3 is 2.80 bits per heavy atom. The third kappa shape index (κ3) is 3.40. The molecule has 0 bridgehead atoms. The molecule has 0 spiro atoms. The molecule has 0 aliphatic heterocycles.